The third kappa shape index (κ3) is 3.90. The van der Waals surface area contributed by atoms with Crippen LogP contribution < -0.4 is 10.9 Å². The first kappa shape index (κ1) is 18.9. The Morgan fingerprint density at radius 1 is 1.21 bits per heavy atom. The van der Waals surface area contributed by atoms with Crippen molar-refractivity contribution in [3.05, 3.63) is 75.8 Å². The molecular formula is C21H17ClN4O3. The van der Waals surface area contributed by atoms with Crippen molar-refractivity contribution in [2.75, 3.05) is 5.32 Å². The van der Waals surface area contributed by atoms with Crippen molar-refractivity contribution in [1.29, 1.82) is 0 Å². The van der Waals surface area contributed by atoms with Crippen molar-refractivity contribution in [3.8, 4) is 11.3 Å². The van der Waals surface area contributed by atoms with Gasteiger partial charge >= 0.3 is 0 Å². The number of fused-ring (bicyclic) bond motifs is 1. The maximum atomic E-state index is 12.9. The molecule has 146 valence electrons. The fraction of sp³-hybridized carbons (Fsp3) is 0.143. The largest absolute Gasteiger partial charge is 0.335 e. The summed E-state index contributed by atoms with van der Waals surface area (Å²) in [7, 11) is 0. The lowest BCUT2D eigenvalue weighted by Gasteiger charge is -2.09. The SMILES string of the molecule is Cc1ccc(Cl)cc1NC(=O)CCn1cnc2onc(-c3ccccc3)c2c1=O. The molecule has 2 aromatic carbocycles. The van der Waals surface area contributed by atoms with Crippen molar-refractivity contribution in [3.63, 3.8) is 0 Å². The van der Waals surface area contributed by atoms with Crippen LogP contribution in [0.3, 0.4) is 0 Å². The van der Waals surface area contributed by atoms with Crippen LogP contribution in [0.25, 0.3) is 22.4 Å². The molecule has 7 nitrogen and oxygen atoms in total. The van der Waals surface area contributed by atoms with Crippen LogP contribution in [0.5, 0.6) is 0 Å². The maximum absolute atomic E-state index is 12.9. The van der Waals surface area contributed by atoms with Gasteiger partial charge in [0.1, 0.15) is 17.4 Å². The average molecular weight is 409 g/mol. The number of hydrogen-bond acceptors (Lipinski definition) is 5. The standard InChI is InChI=1S/C21H17ClN4O3/c1-13-7-8-15(22)11-16(13)24-17(27)9-10-26-12-23-20-18(21(26)28)19(25-29-20)14-5-3-2-4-6-14/h2-8,11-12H,9-10H2,1H3,(H,24,27). The Morgan fingerprint density at radius 3 is 2.79 bits per heavy atom. The molecule has 29 heavy (non-hydrogen) atoms. The van der Waals surface area contributed by atoms with Gasteiger partial charge in [0.05, 0.1) is 0 Å². The number of aryl methyl sites for hydroxylation is 2. The highest BCUT2D eigenvalue weighted by molar-refractivity contribution is 6.31. The Labute approximate surface area is 170 Å². The zero-order valence-electron chi connectivity index (χ0n) is 15.6. The normalized spacial score (nSPS) is 11.0. The van der Waals surface area contributed by atoms with E-state index in [0.717, 1.165) is 11.1 Å². The van der Waals surface area contributed by atoms with E-state index >= 15 is 0 Å². The van der Waals surface area contributed by atoms with E-state index in [9.17, 15) is 9.59 Å². The van der Waals surface area contributed by atoms with E-state index in [1.54, 1.807) is 12.1 Å². The van der Waals surface area contributed by atoms with Crippen LogP contribution in [0.2, 0.25) is 5.02 Å². The summed E-state index contributed by atoms with van der Waals surface area (Å²) in [6.07, 6.45) is 1.47. The first-order valence-corrected chi connectivity index (χ1v) is 9.37. The summed E-state index contributed by atoms with van der Waals surface area (Å²) in [5.41, 5.74) is 2.61. The molecule has 0 saturated heterocycles. The quantitative estimate of drug-likeness (QED) is 0.538. The van der Waals surface area contributed by atoms with E-state index in [2.05, 4.69) is 15.5 Å². The van der Waals surface area contributed by atoms with Gasteiger partial charge in [-0.15, -0.1) is 0 Å². The number of amides is 1. The van der Waals surface area contributed by atoms with Gasteiger partial charge in [0.15, 0.2) is 0 Å². The fourth-order valence-electron chi connectivity index (χ4n) is 3.00. The number of carbonyl (C=O) groups is 1. The lowest BCUT2D eigenvalue weighted by atomic mass is 10.1. The van der Waals surface area contributed by atoms with Gasteiger partial charge in [-0.25, -0.2) is 4.98 Å². The molecule has 2 heterocycles. The summed E-state index contributed by atoms with van der Waals surface area (Å²) >= 11 is 5.98. The van der Waals surface area contributed by atoms with Gasteiger partial charge in [0.2, 0.25) is 5.91 Å². The van der Waals surface area contributed by atoms with Crippen LogP contribution in [-0.2, 0) is 11.3 Å². The summed E-state index contributed by atoms with van der Waals surface area (Å²) < 4.78 is 6.59. The number of carbonyl (C=O) groups excluding carboxylic acids is 1. The number of rotatable bonds is 5. The Bertz CT molecular complexity index is 1250. The first-order valence-electron chi connectivity index (χ1n) is 8.99. The highest BCUT2D eigenvalue weighted by atomic mass is 35.5. The Kier molecular flexibility index (Phi) is 5.14. The van der Waals surface area contributed by atoms with Gasteiger partial charge in [-0.1, -0.05) is 53.2 Å². The summed E-state index contributed by atoms with van der Waals surface area (Å²) in [6.45, 7) is 2.05. The monoisotopic (exact) mass is 408 g/mol. The van der Waals surface area contributed by atoms with Crippen LogP contribution in [0.4, 0.5) is 5.69 Å². The van der Waals surface area contributed by atoms with E-state index in [0.29, 0.717) is 21.8 Å². The van der Waals surface area contributed by atoms with E-state index in [1.807, 2.05) is 43.3 Å². The van der Waals surface area contributed by atoms with Crippen molar-refractivity contribution >= 4 is 34.3 Å². The van der Waals surface area contributed by atoms with E-state index in [-0.39, 0.29) is 30.1 Å². The molecule has 1 amide bonds. The summed E-state index contributed by atoms with van der Waals surface area (Å²) in [6, 6.07) is 14.6. The second-order valence-corrected chi connectivity index (χ2v) is 7.01. The molecule has 4 aromatic rings. The minimum atomic E-state index is -0.304. The van der Waals surface area contributed by atoms with Crippen molar-refractivity contribution in [1.82, 2.24) is 14.7 Å². The highest BCUT2D eigenvalue weighted by Gasteiger charge is 2.17. The molecule has 0 aliphatic heterocycles. The van der Waals surface area contributed by atoms with Crippen LogP contribution in [0.15, 0.2) is 64.2 Å². The molecule has 0 aliphatic carbocycles. The summed E-state index contributed by atoms with van der Waals surface area (Å²) in [5, 5.41) is 7.65. The molecule has 0 fully saturated rings. The lowest BCUT2D eigenvalue weighted by molar-refractivity contribution is -0.116. The van der Waals surface area contributed by atoms with Gasteiger partial charge < -0.3 is 9.84 Å². The minimum Gasteiger partial charge on any atom is -0.335 e. The molecule has 0 bridgehead atoms. The van der Waals surface area contributed by atoms with Gasteiger partial charge in [-0.2, -0.15) is 0 Å². The zero-order valence-corrected chi connectivity index (χ0v) is 16.3. The number of anilines is 1. The lowest BCUT2D eigenvalue weighted by Crippen LogP contribution is -2.23. The van der Waals surface area contributed by atoms with E-state index in [4.69, 9.17) is 16.1 Å². The van der Waals surface area contributed by atoms with Crippen LogP contribution >= 0.6 is 11.6 Å². The van der Waals surface area contributed by atoms with Crippen molar-refractivity contribution in [2.45, 2.75) is 19.9 Å². The summed E-state index contributed by atoms with van der Waals surface area (Å²) in [4.78, 5) is 29.4. The first-order chi connectivity index (χ1) is 14.0. The number of benzene rings is 2. The molecule has 8 heteroatoms. The zero-order chi connectivity index (χ0) is 20.4. The van der Waals surface area contributed by atoms with Crippen molar-refractivity contribution in [2.24, 2.45) is 0 Å². The summed E-state index contributed by atoms with van der Waals surface area (Å²) in [5.74, 6) is -0.226. The van der Waals surface area contributed by atoms with E-state index in [1.165, 1.54) is 10.9 Å². The van der Waals surface area contributed by atoms with Gasteiger partial charge in [-0.3, -0.25) is 14.2 Å². The fourth-order valence-corrected chi connectivity index (χ4v) is 3.17. The van der Waals surface area contributed by atoms with Gasteiger partial charge in [0, 0.05) is 29.2 Å². The predicted octanol–water partition coefficient (Wildman–Crippen LogP) is 4.04. The molecular weight excluding hydrogens is 392 g/mol. The van der Waals surface area contributed by atoms with Gasteiger partial charge in [-0.05, 0) is 24.6 Å². The molecule has 0 unspecified atom stereocenters. The second-order valence-electron chi connectivity index (χ2n) is 6.58. The molecule has 0 saturated carbocycles. The predicted molar refractivity (Wildman–Crippen MR) is 111 cm³/mol. The molecule has 1 N–H and O–H groups in total. The van der Waals surface area contributed by atoms with Crippen LogP contribution in [0.1, 0.15) is 12.0 Å². The highest BCUT2D eigenvalue weighted by Crippen LogP contribution is 2.24. The topological polar surface area (TPSA) is 90.0 Å². The number of nitrogens with zero attached hydrogens (tertiary/aromatic N) is 3. The maximum Gasteiger partial charge on any atom is 0.266 e. The number of hydrogen-bond donors (Lipinski definition) is 1. The Morgan fingerprint density at radius 2 is 2.00 bits per heavy atom. The molecule has 0 spiro atoms. The smallest absolute Gasteiger partial charge is 0.266 e. The number of nitrogens with one attached hydrogen (secondary N) is 1. The molecule has 0 atom stereocenters. The van der Waals surface area contributed by atoms with Gasteiger partial charge in [0.25, 0.3) is 11.3 Å². The second kappa shape index (κ2) is 7.89. The Hall–Kier alpha value is -3.45. The molecule has 0 radical (unpaired) electrons. The molecule has 2 aromatic heterocycles. The third-order valence-corrected chi connectivity index (χ3v) is 4.80. The van der Waals surface area contributed by atoms with Crippen LogP contribution in [-0.4, -0.2) is 20.6 Å². The van der Waals surface area contributed by atoms with E-state index < -0.39 is 0 Å². The Balaban J connectivity index is 1.56. The molecule has 0 aliphatic rings. The third-order valence-electron chi connectivity index (χ3n) is 4.56. The average Bonchev–Trinajstić information content (AvgIpc) is 3.16. The van der Waals surface area contributed by atoms with Crippen molar-refractivity contribution < 1.29 is 9.32 Å². The van der Waals surface area contributed by atoms with Crippen LogP contribution in [0, 0.1) is 6.92 Å². The minimum absolute atomic E-state index is 0.102. The number of aromatic nitrogens is 3. The number of halogens is 1. The molecule has 4 rings (SSSR count).